The summed E-state index contributed by atoms with van der Waals surface area (Å²) in [5, 5.41) is 4.93. The molecule has 0 bridgehead atoms. The van der Waals surface area contributed by atoms with Gasteiger partial charge in [-0.3, -0.25) is 14.4 Å². The zero-order chi connectivity index (χ0) is 21.7. The molecule has 166 valence electrons. The summed E-state index contributed by atoms with van der Waals surface area (Å²) in [7, 11) is 0. The van der Waals surface area contributed by atoms with Gasteiger partial charge in [0, 0.05) is 32.1 Å². The van der Waals surface area contributed by atoms with Gasteiger partial charge < -0.3 is 15.1 Å². The first kappa shape index (κ1) is 22.8. The summed E-state index contributed by atoms with van der Waals surface area (Å²) in [4.78, 5) is 43.2. The van der Waals surface area contributed by atoms with Crippen molar-refractivity contribution in [2.75, 3.05) is 19.6 Å². The molecule has 30 heavy (non-hydrogen) atoms. The van der Waals surface area contributed by atoms with E-state index < -0.39 is 6.04 Å². The summed E-state index contributed by atoms with van der Waals surface area (Å²) in [6.07, 6.45) is 5.23. The fourth-order valence-electron chi connectivity index (χ4n) is 4.57. The molecule has 0 spiro atoms. The highest BCUT2D eigenvalue weighted by atomic mass is 32.1. The minimum absolute atomic E-state index is 0.0408. The normalized spacial score (nSPS) is 21.5. The van der Waals surface area contributed by atoms with Crippen molar-refractivity contribution in [2.24, 2.45) is 11.8 Å². The topological polar surface area (TPSA) is 69.7 Å². The van der Waals surface area contributed by atoms with E-state index in [1.165, 1.54) is 11.3 Å². The lowest BCUT2D eigenvalue weighted by Gasteiger charge is -2.40. The van der Waals surface area contributed by atoms with E-state index in [4.69, 9.17) is 0 Å². The summed E-state index contributed by atoms with van der Waals surface area (Å²) in [6, 6.07) is 3.32. The Hall–Kier alpha value is -1.89. The van der Waals surface area contributed by atoms with Crippen LogP contribution < -0.4 is 5.32 Å². The highest BCUT2D eigenvalue weighted by Crippen LogP contribution is 2.26. The van der Waals surface area contributed by atoms with E-state index in [9.17, 15) is 14.4 Å². The Kier molecular flexibility index (Phi) is 7.92. The van der Waals surface area contributed by atoms with Crippen molar-refractivity contribution in [2.45, 2.75) is 71.4 Å². The number of carbonyl (C=O) groups is 3. The van der Waals surface area contributed by atoms with Gasteiger partial charge in [-0.15, -0.1) is 11.3 Å². The smallest absolute Gasteiger partial charge is 0.262 e. The second kappa shape index (κ2) is 10.4. The lowest BCUT2D eigenvalue weighted by atomic mass is 9.87. The molecule has 1 aromatic rings. The Bertz CT molecular complexity index is 726. The third-order valence-corrected chi connectivity index (χ3v) is 7.20. The first-order valence-electron chi connectivity index (χ1n) is 11.3. The maximum Gasteiger partial charge on any atom is 0.262 e. The van der Waals surface area contributed by atoms with E-state index in [2.05, 4.69) is 26.1 Å². The molecule has 0 aliphatic carbocycles. The predicted octanol–water partition coefficient (Wildman–Crippen LogP) is 3.53. The Labute approximate surface area is 184 Å². The Morgan fingerprint density at radius 2 is 1.87 bits per heavy atom. The van der Waals surface area contributed by atoms with Crippen molar-refractivity contribution in [1.82, 2.24) is 15.1 Å². The van der Waals surface area contributed by atoms with Crippen molar-refractivity contribution in [3.8, 4) is 0 Å². The van der Waals surface area contributed by atoms with Gasteiger partial charge in [0.15, 0.2) is 0 Å². The Morgan fingerprint density at radius 3 is 2.47 bits per heavy atom. The van der Waals surface area contributed by atoms with Crippen molar-refractivity contribution in [1.29, 1.82) is 0 Å². The van der Waals surface area contributed by atoms with Gasteiger partial charge in [0.05, 0.1) is 4.88 Å². The van der Waals surface area contributed by atoms with Gasteiger partial charge in [0.2, 0.25) is 11.8 Å². The first-order valence-corrected chi connectivity index (χ1v) is 12.2. The average Bonchev–Trinajstić information content (AvgIpc) is 3.26. The monoisotopic (exact) mass is 433 g/mol. The average molecular weight is 434 g/mol. The number of hydrogen-bond acceptors (Lipinski definition) is 4. The third-order valence-electron chi connectivity index (χ3n) is 6.33. The molecule has 6 nitrogen and oxygen atoms in total. The van der Waals surface area contributed by atoms with E-state index in [1.807, 2.05) is 21.2 Å². The number of nitrogens with zero attached hydrogens (tertiary/aromatic N) is 2. The number of piperidine rings is 2. The van der Waals surface area contributed by atoms with Gasteiger partial charge in [0.25, 0.3) is 5.91 Å². The van der Waals surface area contributed by atoms with Crippen LogP contribution >= 0.6 is 11.3 Å². The van der Waals surface area contributed by atoms with Crippen LogP contribution in [0, 0.1) is 11.8 Å². The number of carbonyl (C=O) groups excluding carboxylic acids is 3. The molecule has 2 aliphatic rings. The number of hydrogen-bond donors (Lipinski definition) is 1. The molecule has 7 heteroatoms. The fourth-order valence-corrected chi connectivity index (χ4v) is 5.19. The van der Waals surface area contributed by atoms with Crippen LogP contribution in [0.1, 0.15) is 69.0 Å². The van der Waals surface area contributed by atoms with Gasteiger partial charge in [-0.1, -0.05) is 19.9 Å². The lowest BCUT2D eigenvalue weighted by Crippen LogP contribution is -2.57. The first-order chi connectivity index (χ1) is 14.4. The van der Waals surface area contributed by atoms with E-state index >= 15 is 0 Å². The number of amides is 3. The molecule has 0 unspecified atom stereocenters. The summed E-state index contributed by atoms with van der Waals surface area (Å²) in [6.45, 7) is 8.28. The van der Waals surface area contributed by atoms with Gasteiger partial charge in [-0.05, 0) is 62.3 Å². The highest BCUT2D eigenvalue weighted by molar-refractivity contribution is 7.12. The number of likely N-dealkylation sites (tertiary alicyclic amines) is 2. The van der Waals surface area contributed by atoms with Crippen LogP contribution in [0.3, 0.4) is 0 Å². The Balaban J connectivity index is 1.70. The van der Waals surface area contributed by atoms with Crippen LogP contribution in [-0.2, 0) is 9.59 Å². The lowest BCUT2D eigenvalue weighted by molar-refractivity contribution is -0.139. The summed E-state index contributed by atoms with van der Waals surface area (Å²) in [5.41, 5.74) is 0. The minimum Gasteiger partial charge on any atom is -0.343 e. The fraction of sp³-hybridized carbons (Fsp3) is 0.696. The number of thiophene rings is 1. The Morgan fingerprint density at radius 1 is 1.13 bits per heavy atom. The van der Waals surface area contributed by atoms with Crippen LogP contribution in [0.15, 0.2) is 17.5 Å². The van der Waals surface area contributed by atoms with Crippen molar-refractivity contribution < 1.29 is 14.4 Å². The largest absolute Gasteiger partial charge is 0.343 e. The molecule has 3 heterocycles. The van der Waals surface area contributed by atoms with Gasteiger partial charge in [-0.2, -0.15) is 0 Å². The van der Waals surface area contributed by atoms with Crippen LogP contribution in [0.5, 0.6) is 0 Å². The molecule has 2 fully saturated rings. The molecular formula is C23H35N3O3S. The summed E-state index contributed by atoms with van der Waals surface area (Å²) in [5.74, 6) is 0.456. The second-order valence-electron chi connectivity index (χ2n) is 9.12. The van der Waals surface area contributed by atoms with Gasteiger partial charge >= 0.3 is 0 Å². The molecule has 2 saturated heterocycles. The summed E-state index contributed by atoms with van der Waals surface area (Å²) < 4.78 is 0. The van der Waals surface area contributed by atoms with Crippen LogP contribution in [0.25, 0.3) is 0 Å². The molecule has 1 N–H and O–H groups in total. The zero-order valence-electron chi connectivity index (χ0n) is 18.4. The molecule has 3 amide bonds. The molecule has 0 radical (unpaired) electrons. The zero-order valence-corrected chi connectivity index (χ0v) is 19.2. The van der Waals surface area contributed by atoms with E-state index in [1.54, 1.807) is 6.07 Å². The third kappa shape index (κ3) is 5.62. The SMILES string of the molecule is CC(C)CC(=O)N1CCC([C@H](NC(=O)c2cccs2)C(=O)N2CCCC[C@H]2C)CC1. The van der Waals surface area contributed by atoms with Crippen molar-refractivity contribution >= 4 is 29.1 Å². The van der Waals surface area contributed by atoms with Crippen molar-refractivity contribution in [3.05, 3.63) is 22.4 Å². The molecule has 3 rings (SSSR count). The maximum atomic E-state index is 13.5. The predicted molar refractivity (Wildman–Crippen MR) is 119 cm³/mol. The summed E-state index contributed by atoms with van der Waals surface area (Å²) >= 11 is 1.39. The molecule has 1 aromatic heterocycles. The molecule has 2 aliphatic heterocycles. The molecule has 0 aromatic carbocycles. The van der Waals surface area contributed by atoms with E-state index in [0.29, 0.717) is 30.3 Å². The second-order valence-corrected chi connectivity index (χ2v) is 10.1. The van der Waals surface area contributed by atoms with Crippen LogP contribution in [0.2, 0.25) is 0 Å². The molecule has 0 saturated carbocycles. The standard InChI is InChI=1S/C23H35N3O3S/c1-16(2)15-20(27)25-12-9-18(10-13-25)21(24-22(28)19-8-6-14-30-19)23(29)26-11-5-4-7-17(26)3/h6,8,14,16-18,21H,4-5,7,9-13,15H2,1-3H3,(H,24,28)/t17-,21+/m1/s1. The number of nitrogens with one attached hydrogen (secondary N) is 1. The van der Waals surface area contributed by atoms with E-state index in [0.717, 1.165) is 38.6 Å². The van der Waals surface area contributed by atoms with Gasteiger partial charge in [0.1, 0.15) is 6.04 Å². The van der Waals surface area contributed by atoms with Gasteiger partial charge in [-0.25, -0.2) is 0 Å². The highest BCUT2D eigenvalue weighted by Gasteiger charge is 2.38. The number of rotatable bonds is 6. The quantitative estimate of drug-likeness (QED) is 0.746. The van der Waals surface area contributed by atoms with Crippen LogP contribution in [0.4, 0.5) is 0 Å². The minimum atomic E-state index is -0.525. The van der Waals surface area contributed by atoms with Crippen LogP contribution in [-0.4, -0.2) is 59.2 Å². The maximum absolute atomic E-state index is 13.5. The molecule has 2 atom stereocenters. The molecular weight excluding hydrogens is 398 g/mol. The van der Waals surface area contributed by atoms with Crippen molar-refractivity contribution in [3.63, 3.8) is 0 Å². The van der Waals surface area contributed by atoms with E-state index in [-0.39, 0.29) is 29.7 Å².